The van der Waals surface area contributed by atoms with Gasteiger partial charge in [0.05, 0.1) is 28.5 Å². The summed E-state index contributed by atoms with van der Waals surface area (Å²) in [6.45, 7) is 3.94. The minimum atomic E-state index is -3.34. The van der Waals surface area contributed by atoms with Crippen molar-refractivity contribution in [2.24, 2.45) is 0 Å². The van der Waals surface area contributed by atoms with E-state index in [-0.39, 0.29) is 16.6 Å². The molecule has 4 rings (SSSR count). The van der Waals surface area contributed by atoms with Gasteiger partial charge in [0.25, 0.3) is 0 Å². The standard InChI is InChI=1S/C18H17N7O2S/c1-10(2)25-9-16(15(7-19)24-25)22-18-17-13(8-20-23-17)12-6-11(28(3,26)27)4-5-14(12)21-18/h4-6,8-10H,1-3H3,(H,20,23)(H,21,22). The summed E-state index contributed by atoms with van der Waals surface area (Å²) in [6, 6.07) is 6.96. The van der Waals surface area contributed by atoms with Crippen LogP contribution in [0.2, 0.25) is 0 Å². The van der Waals surface area contributed by atoms with Crippen LogP contribution < -0.4 is 5.32 Å². The Morgan fingerprint density at radius 1 is 1.29 bits per heavy atom. The van der Waals surface area contributed by atoms with Crippen molar-refractivity contribution in [1.29, 1.82) is 5.26 Å². The van der Waals surface area contributed by atoms with Gasteiger partial charge < -0.3 is 5.32 Å². The second kappa shape index (κ2) is 6.31. The van der Waals surface area contributed by atoms with E-state index in [1.807, 2.05) is 13.8 Å². The van der Waals surface area contributed by atoms with Crippen LogP contribution in [0.3, 0.4) is 0 Å². The first kappa shape index (κ1) is 17.9. The number of nitriles is 1. The van der Waals surface area contributed by atoms with Gasteiger partial charge in [-0.05, 0) is 32.0 Å². The van der Waals surface area contributed by atoms with Gasteiger partial charge in [-0.15, -0.1) is 0 Å². The van der Waals surface area contributed by atoms with Gasteiger partial charge in [0, 0.05) is 23.1 Å². The average Bonchev–Trinajstić information content (AvgIpc) is 3.28. The molecule has 0 aliphatic heterocycles. The van der Waals surface area contributed by atoms with E-state index in [1.54, 1.807) is 29.2 Å². The smallest absolute Gasteiger partial charge is 0.185 e. The first-order valence-electron chi connectivity index (χ1n) is 8.51. The summed E-state index contributed by atoms with van der Waals surface area (Å²) in [7, 11) is -3.34. The van der Waals surface area contributed by atoms with E-state index >= 15 is 0 Å². The number of hydrogen-bond donors (Lipinski definition) is 2. The van der Waals surface area contributed by atoms with Gasteiger partial charge in [-0.1, -0.05) is 0 Å². The highest BCUT2D eigenvalue weighted by Crippen LogP contribution is 2.31. The summed E-state index contributed by atoms with van der Waals surface area (Å²) in [5, 5.41) is 25.2. The van der Waals surface area contributed by atoms with E-state index in [9.17, 15) is 13.7 Å². The molecule has 0 aliphatic rings. The average molecular weight is 395 g/mol. The minimum Gasteiger partial charge on any atom is -0.335 e. The van der Waals surface area contributed by atoms with E-state index < -0.39 is 9.84 Å². The van der Waals surface area contributed by atoms with Gasteiger partial charge in [0.1, 0.15) is 11.6 Å². The number of nitrogens with zero attached hydrogens (tertiary/aromatic N) is 5. The molecule has 9 nitrogen and oxygen atoms in total. The number of aromatic amines is 1. The SMILES string of the molecule is CC(C)n1cc(Nc2nc3ccc(S(C)(=O)=O)cc3c3cn[nH]c23)c(C#N)n1. The molecule has 3 aromatic heterocycles. The zero-order valence-electron chi connectivity index (χ0n) is 15.4. The molecule has 1 aromatic carbocycles. The summed E-state index contributed by atoms with van der Waals surface area (Å²) in [4.78, 5) is 4.82. The molecule has 0 saturated heterocycles. The number of anilines is 2. The van der Waals surface area contributed by atoms with Crippen LogP contribution in [0.25, 0.3) is 21.8 Å². The second-order valence-corrected chi connectivity index (χ2v) is 8.79. The number of pyridine rings is 1. The van der Waals surface area contributed by atoms with Crippen LogP contribution in [0.15, 0.2) is 35.5 Å². The molecule has 0 saturated carbocycles. The van der Waals surface area contributed by atoms with E-state index in [2.05, 4.69) is 31.7 Å². The van der Waals surface area contributed by atoms with Gasteiger partial charge in [-0.2, -0.15) is 15.5 Å². The third-order valence-electron chi connectivity index (χ3n) is 4.41. The molecule has 0 unspecified atom stereocenters. The van der Waals surface area contributed by atoms with Crippen molar-refractivity contribution in [2.45, 2.75) is 24.8 Å². The Bertz CT molecular complexity index is 1360. The van der Waals surface area contributed by atoms with Crippen molar-refractivity contribution in [2.75, 3.05) is 11.6 Å². The summed E-state index contributed by atoms with van der Waals surface area (Å²) >= 11 is 0. The highest BCUT2D eigenvalue weighted by atomic mass is 32.2. The molecule has 0 aliphatic carbocycles. The fourth-order valence-corrected chi connectivity index (χ4v) is 3.60. The molecule has 10 heteroatoms. The van der Waals surface area contributed by atoms with Crippen molar-refractivity contribution >= 4 is 43.1 Å². The molecule has 0 radical (unpaired) electrons. The van der Waals surface area contributed by atoms with Crippen LogP contribution in [0.5, 0.6) is 0 Å². The van der Waals surface area contributed by atoms with Gasteiger partial charge in [0.2, 0.25) is 0 Å². The van der Waals surface area contributed by atoms with Gasteiger partial charge in [0.15, 0.2) is 21.3 Å². The van der Waals surface area contributed by atoms with Crippen LogP contribution in [0.1, 0.15) is 25.6 Å². The number of rotatable bonds is 4. The van der Waals surface area contributed by atoms with Crippen LogP contribution in [0.4, 0.5) is 11.5 Å². The number of fused-ring (bicyclic) bond motifs is 3. The van der Waals surface area contributed by atoms with Crippen molar-refractivity contribution in [3.05, 3.63) is 36.3 Å². The maximum absolute atomic E-state index is 11.9. The summed E-state index contributed by atoms with van der Waals surface area (Å²) in [6.07, 6.45) is 4.54. The molecule has 4 aromatic rings. The molecule has 3 heterocycles. The maximum atomic E-state index is 11.9. The van der Waals surface area contributed by atoms with Crippen LogP contribution in [0, 0.1) is 11.3 Å². The number of H-pyrrole nitrogens is 1. The molecule has 2 N–H and O–H groups in total. The Morgan fingerprint density at radius 2 is 2.07 bits per heavy atom. The first-order chi connectivity index (χ1) is 13.3. The Hall–Kier alpha value is -3.45. The number of aromatic nitrogens is 5. The second-order valence-electron chi connectivity index (χ2n) is 6.77. The fourth-order valence-electron chi connectivity index (χ4n) is 2.95. The predicted octanol–water partition coefficient (Wildman–Crippen LogP) is 2.91. The van der Waals surface area contributed by atoms with Crippen LogP contribution in [-0.4, -0.2) is 39.6 Å². The third-order valence-corrected chi connectivity index (χ3v) is 5.52. The zero-order valence-corrected chi connectivity index (χ0v) is 16.2. The number of sulfone groups is 1. The Morgan fingerprint density at radius 3 is 2.75 bits per heavy atom. The van der Waals surface area contributed by atoms with Crippen molar-refractivity contribution in [1.82, 2.24) is 25.0 Å². The number of nitrogens with one attached hydrogen (secondary N) is 2. The quantitative estimate of drug-likeness (QED) is 0.543. The topological polar surface area (TPSA) is 129 Å². The van der Waals surface area contributed by atoms with Crippen molar-refractivity contribution in [3.63, 3.8) is 0 Å². The molecule has 28 heavy (non-hydrogen) atoms. The zero-order chi connectivity index (χ0) is 20.1. The van der Waals surface area contributed by atoms with Crippen LogP contribution >= 0.6 is 0 Å². The van der Waals surface area contributed by atoms with E-state index in [0.717, 1.165) is 5.39 Å². The Balaban J connectivity index is 1.89. The molecular formula is C18H17N7O2S. The fraction of sp³-hybridized carbons (Fsp3) is 0.222. The summed E-state index contributed by atoms with van der Waals surface area (Å²) < 4.78 is 25.5. The molecule has 0 bridgehead atoms. The number of benzene rings is 1. The normalized spacial score (nSPS) is 12.0. The Kier molecular flexibility index (Phi) is 4.05. The molecule has 0 amide bonds. The third kappa shape index (κ3) is 2.95. The largest absolute Gasteiger partial charge is 0.335 e. The number of hydrogen-bond acceptors (Lipinski definition) is 7. The van der Waals surface area contributed by atoms with Gasteiger partial charge in [-0.3, -0.25) is 9.78 Å². The summed E-state index contributed by atoms with van der Waals surface area (Å²) in [5.74, 6) is 0.479. The van der Waals surface area contributed by atoms with Gasteiger partial charge in [-0.25, -0.2) is 13.4 Å². The van der Waals surface area contributed by atoms with E-state index in [1.165, 1.54) is 12.3 Å². The lowest BCUT2D eigenvalue weighted by Crippen LogP contribution is -2.00. The highest BCUT2D eigenvalue weighted by molar-refractivity contribution is 7.90. The van der Waals surface area contributed by atoms with E-state index in [4.69, 9.17) is 0 Å². The highest BCUT2D eigenvalue weighted by Gasteiger charge is 2.17. The lowest BCUT2D eigenvalue weighted by Gasteiger charge is -2.09. The predicted molar refractivity (Wildman–Crippen MR) is 105 cm³/mol. The van der Waals surface area contributed by atoms with Crippen molar-refractivity contribution in [3.8, 4) is 6.07 Å². The molecule has 0 fully saturated rings. The lowest BCUT2D eigenvalue weighted by molar-refractivity contribution is 0.531. The lowest BCUT2D eigenvalue weighted by atomic mass is 10.1. The molecule has 0 atom stereocenters. The monoisotopic (exact) mass is 395 g/mol. The van der Waals surface area contributed by atoms with Gasteiger partial charge >= 0.3 is 0 Å². The maximum Gasteiger partial charge on any atom is 0.185 e. The molecule has 142 valence electrons. The first-order valence-corrected chi connectivity index (χ1v) is 10.4. The van der Waals surface area contributed by atoms with Crippen LogP contribution in [-0.2, 0) is 9.84 Å². The molecule has 0 spiro atoms. The molecular weight excluding hydrogens is 378 g/mol. The summed E-state index contributed by atoms with van der Waals surface area (Å²) in [5.41, 5.74) is 2.01. The minimum absolute atomic E-state index is 0.105. The Labute approximate surface area is 160 Å². The van der Waals surface area contributed by atoms with E-state index in [0.29, 0.717) is 27.9 Å². The van der Waals surface area contributed by atoms with Crippen molar-refractivity contribution < 1.29 is 8.42 Å².